The molecule has 1 aromatic heterocycles. The first-order chi connectivity index (χ1) is 12.1. The molecule has 26 heavy (non-hydrogen) atoms. The SMILES string of the molecule is Cc1cccc(-n2c(C)cc(/C=N\NC(=O)C(=O)NC(C)(C)C)c2C)c1. The van der Waals surface area contributed by atoms with Crippen molar-refractivity contribution in [3.8, 4) is 5.69 Å². The van der Waals surface area contributed by atoms with Gasteiger partial charge < -0.3 is 9.88 Å². The van der Waals surface area contributed by atoms with Gasteiger partial charge in [-0.25, -0.2) is 5.43 Å². The summed E-state index contributed by atoms with van der Waals surface area (Å²) in [4.78, 5) is 23.5. The first kappa shape index (κ1) is 19.4. The maximum Gasteiger partial charge on any atom is 0.329 e. The molecule has 0 aliphatic rings. The van der Waals surface area contributed by atoms with Crippen LogP contribution in [0.3, 0.4) is 0 Å². The Bertz CT molecular complexity index is 857. The van der Waals surface area contributed by atoms with Gasteiger partial charge in [-0.05, 0) is 65.3 Å². The fourth-order valence-electron chi connectivity index (χ4n) is 2.69. The molecule has 0 radical (unpaired) electrons. The zero-order chi connectivity index (χ0) is 19.5. The molecule has 2 rings (SSSR count). The van der Waals surface area contributed by atoms with Crippen LogP contribution in [0.5, 0.6) is 0 Å². The molecular formula is C20H26N4O2. The Morgan fingerprint density at radius 3 is 2.38 bits per heavy atom. The van der Waals surface area contributed by atoms with E-state index in [1.54, 1.807) is 6.21 Å². The van der Waals surface area contributed by atoms with Crippen molar-refractivity contribution in [3.63, 3.8) is 0 Å². The van der Waals surface area contributed by atoms with Gasteiger partial charge in [-0.15, -0.1) is 0 Å². The second-order valence-corrected chi connectivity index (χ2v) is 7.40. The third-order valence-corrected chi connectivity index (χ3v) is 3.79. The van der Waals surface area contributed by atoms with Gasteiger partial charge in [0.2, 0.25) is 0 Å². The standard InChI is InChI=1S/C20H26N4O2/c1-13-8-7-9-17(10-13)24-14(2)11-16(15(24)3)12-21-23-19(26)18(25)22-20(4,5)6/h7-12H,1-6H3,(H,22,25)(H,23,26)/b21-12-. The lowest BCUT2D eigenvalue weighted by molar-refractivity contribution is -0.140. The van der Waals surface area contributed by atoms with E-state index in [0.29, 0.717) is 0 Å². The van der Waals surface area contributed by atoms with E-state index >= 15 is 0 Å². The van der Waals surface area contributed by atoms with Gasteiger partial charge in [0.15, 0.2) is 0 Å². The number of aromatic nitrogens is 1. The van der Waals surface area contributed by atoms with E-state index in [1.165, 1.54) is 5.56 Å². The molecule has 0 bridgehead atoms. The fraction of sp³-hybridized carbons (Fsp3) is 0.350. The average Bonchev–Trinajstić information content (AvgIpc) is 2.79. The number of carbonyl (C=O) groups excluding carboxylic acids is 2. The molecule has 0 atom stereocenters. The van der Waals surface area contributed by atoms with Gasteiger partial charge in [0.05, 0.1) is 6.21 Å². The Hall–Kier alpha value is -2.89. The molecule has 2 N–H and O–H groups in total. The highest BCUT2D eigenvalue weighted by molar-refractivity contribution is 6.35. The number of hydrogen-bond donors (Lipinski definition) is 2. The van der Waals surface area contributed by atoms with Crippen molar-refractivity contribution in [2.75, 3.05) is 0 Å². The molecular weight excluding hydrogens is 328 g/mol. The highest BCUT2D eigenvalue weighted by Crippen LogP contribution is 2.20. The van der Waals surface area contributed by atoms with E-state index in [-0.39, 0.29) is 0 Å². The summed E-state index contributed by atoms with van der Waals surface area (Å²) in [7, 11) is 0. The third-order valence-electron chi connectivity index (χ3n) is 3.79. The molecule has 0 saturated heterocycles. The first-order valence-corrected chi connectivity index (χ1v) is 8.50. The van der Waals surface area contributed by atoms with Crippen molar-refractivity contribution in [1.29, 1.82) is 0 Å². The van der Waals surface area contributed by atoms with Gasteiger partial charge >= 0.3 is 11.8 Å². The average molecular weight is 354 g/mol. The van der Waals surface area contributed by atoms with E-state index < -0.39 is 17.4 Å². The van der Waals surface area contributed by atoms with Crippen molar-refractivity contribution in [3.05, 3.63) is 52.8 Å². The Morgan fingerprint density at radius 2 is 1.77 bits per heavy atom. The first-order valence-electron chi connectivity index (χ1n) is 8.50. The minimum atomic E-state index is -0.788. The number of aryl methyl sites for hydroxylation is 2. The highest BCUT2D eigenvalue weighted by atomic mass is 16.2. The predicted molar refractivity (Wildman–Crippen MR) is 104 cm³/mol. The molecule has 0 fully saturated rings. The van der Waals surface area contributed by atoms with E-state index in [9.17, 15) is 9.59 Å². The summed E-state index contributed by atoms with van der Waals surface area (Å²) in [6, 6.07) is 10.2. The lowest BCUT2D eigenvalue weighted by Gasteiger charge is -2.19. The molecule has 1 heterocycles. The van der Waals surface area contributed by atoms with E-state index in [0.717, 1.165) is 22.6 Å². The lowest BCUT2D eigenvalue weighted by Crippen LogP contribution is -2.47. The van der Waals surface area contributed by atoms with Crippen molar-refractivity contribution in [1.82, 2.24) is 15.3 Å². The quantitative estimate of drug-likeness (QED) is 0.505. The van der Waals surface area contributed by atoms with Crippen LogP contribution in [0, 0.1) is 20.8 Å². The van der Waals surface area contributed by atoms with Crippen LogP contribution in [-0.2, 0) is 9.59 Å². The van der Waals surface area contributed by atoms with Gasteiger partial charge in [0, 0.05) is 28.2 Å². The summed E-state index contributed by atoms with van der Waals surface area (Å²) in [5.41, 5.74) is 6.99. The minimum absolute atomic E-state index is 0.475. The molecule has 0 saturated carbocycles. The van der Waals surface area contributed by atoms with Gasteiger partial charge in [-0.2, -0.15) is 5.10 Å². The molecule has 0 spiro atoms. The van der Waals surface area contributed by atoms with Crippen molar-refractivity contribution >= 4 is 18.0 Å². The highest BCUT2D eigenvalue weighted by Gasteiger charge is 2.19. The molecule has 2 aromatic rings. The molecule has 0 aliphatic heterocycles. The monoisotopic (exact) mass is 354 g/mol. The molecule has 0 unspecified atom stereocenters. The van der Waals surface area contributed by atoms with Crippen LogP contribution >= 0.6 is 0 Å². The number of rotatable bonds is 3. The summed E-state index contributed by atoms with van der Waals surface area (Å²) in [5, 5.41) is 6.51. The van der Waals surface area contributed by atoms with E-state index in [4.69, 9.17) is 0 Å². The molecule has 1 aromatic carbocycles. The van der Waals surface area contributed by atoms with Crippen LogP contribution in [0.25, 0.3) is 5.69 Å². The van der Waals surface area contributed by atoms with Crippen LogP contribution in [0.15, 0.2) is 35.4 Å². The number of benzene rings is 1. The van der Waals surface area contributed by atoms with Gasteiger partial charge in [0.25, 0.3) is 0 Å². The Kier molecular flexibility index (Phi) is 5.65. The Morgan fingerprint density at radius 1 is 1.08 bits per heavy atom. The Balaban J connectivity index is 2.14. The number of amides is 2. The topological polar surface area (TPSA) is 75.5 Å². The smallest absolute Gasteiger partial charge is 0.329 e. The third kappa shape index (κ3) is 4.81. The van der Waals surface area contributed by atoms with Crippen LogP contribution in [0.4, 0.5) is 0 Å². The van der Waals surface area contributed by atoms with Crippen molar-refractivity contribution in [2.45, 2.75) is 47.1 Å². The number of hydrogen-bond acceptors (Lipinski definition) is 3. The maximum absolute atomic E-state index is 11.8. The summed E-state index contributed by atoms with van der Waals surface area (Å²) >= 11 is 0. The number of hydrazone groups is 1. The predicted octanol–water partition coefficient (Wildman–Crippen LogP) is 2.77. The second-order valence-electron chi connectivity index (χ2n) is 7.40. The largest absolute Gasteiger partial charge is 0.343 e. The van der Waals surface area contributed by atoms with Crippen LogP contribution in [-0.4, -0.2) is 28.1 Å². The van der Waals surface area contributed by atoms with Crippen molar-refractivity contribution in [2.24, 2.45) is 5.10 Å². The van der Waals surface area contributed by atoms with Gasteiger partial charge in [-0.1, -0.05) is 12.1 Å². The van der Waals surface area contributed by atoms with Gasteiger partial charge in [-0.3, -0.25) is 9.59 Å². The molecule has 0 aliphatic carbocycles. The minimum Gasteiger partial charge on any atom is -0.343 e. The zero-order valence-corrected chi connectivity index (χ0v) is 16.2. The van der Waals surface area contributed by atoms with Crippen molar-refractivity contribution < 1.29 is 9.59 Å². The fourth-order valence-corrected chi connectivity index (χ4v) is 2.69. The molecule has 2 amide bonds. The molecule has 6 heteroatoms. The lowest BCUT2D eigenvalue weighted by atomic mass is 10.1. The summed E-state index contributed by atoms with van der Waals surface area (Å²) in [6.07, 6.45) is 1.55. The second kappa shape index (κ2) is 7.56. The number of nitrogens with zero attached hydrogens (tertiary/aromatic N) is 2. The van der Waals surface area contributed by atoms with E-state index in [2.05, 4.69) is 39.5 Å². The molecule has 138 valence electrons. The van der Waals surface area contributed by atoms with Crippen LogP contribution in [0.1, 0.15) is 43.3 Å². The summed E-state index contributed by atoms with van der Waals surface area (Å²) in [5.74, 6) is -1.50. The van der Waals surface area contributed by atoms with Crippen LogP contribution < -0.4 is 10.7 Å². The summed E-state index contributed by atoms with van der Waals surface area (Å²) in [6.45, 7) is 11.5. The zero-order valence-electron chi connectivity index (χ0n) is 16.2. The number of nitrogens with one attached hydrogen (secondary N) is 2. The summed E-state index contributed by atoms with van der Waals surface area (Å²) < 4.78 is 2.13. The van der Waals surface area contributed by atoms with Gasteiger partial charge in [0.1, 0.15) is 0 Å². The molecule has 6 nitrogen and oxygen atoms in total. The normalized spacial score (nSPS) is 11.6. The van der Waals surface area contributed by atoms with Crippen LogP contribution in [0.2, 0.25) is 0 Å². The Labute approximate surface area is 154 Å². The maximum atomic E-state index is 11.8. The number of carbonyl (C=O) groups is 2. The van der Waals surface area contributed by atoms with E-state index in [1.807, 2.05) is 52.8 Å².